The first kappa shape index (κ1) is 21.2. The largest absolute Gasteiger partial charge is 0.338 e. The normalized spacial score (nSPS) is 16.3. The van der Waals surface area contributed by atoms with Gasteiger partial charge in [-0.3, -0.25) is 9.48 Å². The van der Waals surface area contributed by atoms with E-state index in [1.54, 1.807) is 15.7 Å². The van der Waals surface area contributed by atoms with Crippen molar-refractivity contribution in [3.8, 4) is 0 Å². The number of aromatic nitrogens is 2. The van der Waals surface area contributed by atoms with Gasteiger partial charge in [0.2, 0.25) is 15.9 Å². The van der Waals surface area contributed by atoms with E-state index in [0.717, 1.165) is 29.1 Å². The van der Waals surface area contributed by atoms with Crippen molar-refractivity contribution >= 4 is 22.0 Å². The minimum Gasteiger partial charge on any atom is -0.338 e. The molecule has 0 aliphatic carbocycles. The Morgan fingerprint density at radius 1 is 1.10 bits per heavy atom. The molecule has 0 saturated carbocycles. The molecule has 0 unspecified atom stereocenters. The summed E-state index contributed by atoms with van der Waals surface area (Å²) in [4.78, 5) is 14.3. The zero-order valence-electron chi connectivity index (χ0n) is 16.8. The van der Waals surface area contributed by atoms with E-state index in [2.05, 4.69) is 5.10 Å². The van der Waals surface area contributed by atoms with Crippen LogP contribution in [-0.2, 0) is 21.9 Å². The van der Waals surface area contributed by atoms with Crippen LogP contribution >= 0.6 is 0 Å². The van der Waals surface area contributed by atoms with Gasteiger partial charge < -0.3 is 4.90 Å². The van der Waals surface area contributed by atoms with Gasteiger partial charge in [-0.1, -0.05) is 0 Å². The number of sulfonamides is 1. The van der Waals surface area contributed by atoms with Crippen LogP contribution in [0.3, 0.4) is 0 Å². The molecule has 7 nitrogen and oxygen atoms in total. The molecule has 2 aromatic rings. The second-order valence-corrected chi connectivity index (χ2v) is 9.02. The van der Waals surface area contributed by atoms with Gasteiger partial charge in [0.15, 0.2) is 0 Å². The summed E-state index contributed by atoms with van der Waals surface area (Å²) in [6.45, 7) is 5.12. The van der Waals surface area contributed by atoms with Crippen LogP contribution in [0, 0.1) is 19.7 Å². The molecule has 1 fully saturated rings. The van der Waals surface area contributed by atoms with Crippen molar-refractivity contribution in [1.82, 2.24) is 19.0 Å². The Balaban J connectivity index is 1.68. The van der Waals surface area contributed by atoms with Crippen LogP contribution in [0.25, 0.3) is 6.08 Å². The summed E-state index contributed by atoms with van der Waals surface area (Å²) >= 11 is 0. The van der Waals surface area contributed by atoms with Gasteiger partial charge in [0.1, 0.15) is 5.82 Å². The van der Waals surface area contributed by atoms with E-state index in [9.17, 15) is 17.6 Å². The third-order valence-corrected chi connectivity index (χ3v) is 7.09. The maximum Gasteiger partial charge on any atom is 0.246 e. The fourth-order valence-corrected chi connectivity index (χ4v) is 4.87. The number of hydrogen-bond acceptors (Lipinski definition) is 4. The summed E-state index contributed by atoms with van der Waals surface area (Å²) in [5.74, 6) is -0.642. The summed E-state index contributed by atoms with van der Waals surface area (Å²) < 4.78 is 41.8. The highest BCUT2D eigenvalue weighted by atomic mass is 32.2. The van der Waals surface area contributed by atoms with E-state index in [0.29, 0.717) is 26.1 Å². The zero-order valence-corrected chi connectivity index (χ0v) is 17.6. The SMILES string of the molecule is Cc1nn(C)c(C)c1/C=C/C(=O)N1CCCN(S(=O)(=O)c2ccc(F)cc2)CC1. The second-order valence-electron chi connectivity index (χ2n) is 7.08. The number of carbonyl (C=O) groups excluding carboxylic acids is 1. The molecule has 0 radical (unpaired) electrons. The molecule has 1 aromatic carbocycles. The quantitative estimate of drug-likeness (QED) is 0.710. The number of carbonyl (C=O) groups is 1. The second kappa shape index (κ2) is 8.46. The lowest BCUT2D eigenvalue weighted by atomic mass is 10.2. The lowest BCUT2D eigenvalue weighted by molar-refractivity contribution is -0.125. The number of hydrogen-bond donors (Lipinski definition) is 0. The Labute approximate surface area is 170 Å². The van der Waals surface area contributed by atoms with E-state index in [-0.39, 0.29) is 17.3 Å². The molecule has 1 saturated heterocycles. The number of amides is 1. The maximum absolute atomic E-state index is 13.1. The van der Waals surface area contributed by atoms with Gasteiger partial charge in [0.05, 0.1) is 10.6 Å². The molecule has 156 valence electrons. The Kier molecular flexibility index (Phi) is 6.18. The molecule has 2 heterocycles. The van der Waals surface area contributed by atoms with Crippen molar-refractivity contribution < 1.29 is 17.6 Å². The topological polar surface area (TPSA) is 75.5 Å². The third-order valence-electron chi connectivity index (χ3n) is 5.18. The van der Waals surface area contributed by atoms with Crippen molar-refractivity contribution in [1.29, 1.82) is 0 Å². The van der Waals surface area contributed by atoms with E-state index >= 15 is 0 Å². The van der Waals surface area contributed by atoms with Gasteiger partial charge in [-0.25, -0.2) is 12.8 Å². The van der Waals surface area contributed by atoms with E-state index in [1.807, 2.05) is 20.9 Å². The van der Waals surface area contributed by atoms with Crippen molar-refractivity contribution in [2.75, 3.05) is 26.2 Å². The van der Waals surface area contributed by atoms with E-state index in [1.165, 1.54) is 22.5 Å². The lowest BCUT2D eigenvalue weighted by Gasteiger charge is -2.21. The highest BCUT2D eigenvalue weighted by molar-refractivity contribution is 7.89. The highest BCUT2D eigenvalue weighted by Gasteiger charge is 2.27. The Bertz CT molecular complexity index is 1030. The van der Waals surface area contributed by atoms with Gasteiger partial charge in [0.25, 0.3) is 0 Å². The zero-order chi connectivity index (χ0) is 21.2. The van der Waals surface area contributed by atoms with E-state index in [4.69, 9.17) is 0 Å². The maximum atomic E-state index is 13.1. The van der Waals surface area contributed by atoms with Gasteiger partial charge in [-0.2, -0.15) is 9.40 Å². The lowest BCUT2D eigenvalue weighted by Crippen LogP contribution is -2.36. The van der Waals surface area contributed by atoms with Crippen molar-refractivity contribution in [2.24, 2.45) is 7.05 Å². The first-order valence-electron chi connectivity index (χ1n) is 9.43. The monoisotopic (exact) mass is 420 g/mol. The molecule has 3 rings (SSSR count). The summed E-state index contributed by atoms with van der Waals surface area (Å²) in [6.07, 6.45) is 3.81. The molecule has 0 N–H and O–H groups in total. The smallest absolute Gasteiger partial charge is 0.246 e. The van der Waals surface area contributed by atoms with Gasteiger partial charge in [-0.05, 0) is 50.6 Å². The van der Waals surface area contributed by atoms with Crippen LogP contribution in [0.2, 0.25) is 0 Å². The first-order valence-corrected chi connectivity index (χ1v) is 10.9. The fourth-order valence-electron chi connectivity index (χ4n) is 3.40. The van der Waals surface area contributed by atoms with Crippen molar-refractivity contribution in [2.45, 2.75) is 25.2 Å². The number of rotatable bonds is 4. The Morgan fingerprint density at radius 2 is 1.79 bits per heavy atom. The molecule has 0 spiro atoms. The number of benzene rings is 1. The van der Waals surface area contributed by atoms with Gasteiger partial charge in [-0.15, -0.1) is 0 Å². The fraction of sp³-hybridized carbons (Fsp3) is 0.400. The number of aryl methyl sites for hydroxylation is 2. The Hall–Kier alpha value is -2.52. The van der Waals surface area contributed by atoms with Gasteiger partial charge in [0, 0.05) is 50.6 Å². The minimum atomic E-state index is -3.72. The molecule has 1 aromatic heterocycles. The number of halogens is 1. The summed E-state index contributed by atoms with van der Waals surface area (Å²) in [5.41, 5.74) is 2.73. The van der Waals surface area contributed by atoms with Crippen LogP contribution in [0.15, 0.2) is 35.2 Å². The van der Waals surface area contributed by atoms with Crippen LogP contribution < -0.4 is 0 Å². The van der Waals surface area contributed by atoms with Crippen LogP contribution in [0.4, 0.5) is 4.39 Å². The summed E-state index contributed by atoms with van der Waals surface area (Å²) in [5, 5.41) is 4.33. The van der Waals surface area contributed by atoms with Crippen molar-refractivity contribution in [3.63, 3.8) is 0 Å². The first-order chi connectivity index (χ1) is 13.7. The summed E-state index contributed by atoms with van der Waals surface area (Å²) in [6, 6.07) is 4.79. The van der Waals surface area contributed by atoms with Crippen LogP contribution in [0.1, 0.15) is 23.4 Å². The molecular formula is C20H25FN4O3S. The third kappa shape index (κ3) is 4.56. The molecule has 29 heavy (non-hydrogen) atoms. The summed E-state index contributed by atoms with van der Waals surface area (Å²) in [7, 11) is -1.86. The molecule has 0 bridgehead atoms. The van der Waals surface area contributed by atoms with E-state index < -0.39 is 15.8 Å². The highest BCUT2D eigenvalue weighted by Crippen LogP contribution is 2.19. The molecule has 1 amide bonds. The number of nitrogens with zero attached hydrogens (tertiary/aromatic N) is 4. The average molecular weight is 421 g/mol. The average Bonchev–Trinajstić information content (AvgIpc) is 2.86. The predicted octanol–water partition coefficient (Wildman–Crippen LogP) is 2.11. The Morgan fingerprint density at radius 3 is 2.41 bits per heavy atom. The predicted molar refractivity (Wildman–Crippen MR) is 108 cm³/mol. The molecule has 1 aliphatic heterocycles. The minimum absolute atomic E-state index is 0.0566. The van der Waals surface area contributed by atoms with Crippen LogP contribution in [-0.4, -0.2) is 59.5 Å². The standard InChI is InChI=1S/C20H25FN4O3S/c1-15-19(16(2)23(3)22-15)9-10-20(26)24-11-4-12-25(14-13-24)29(27,28)18-7-5-17(21)6-8-18/h5-10H,4,11-14H2,1-3H3/b10-9+. The molecular weight excluding hydrogens is 395 g/mol. The van der Waals surface area contributed by atoms with Crippen molar-refractivity contribution in [3.05, 3.63) is 53.1 Å². The van der Waals surface area contributed by atoms with Gasteiger partial charge >= 0.3 is 0 Å². The molecule has 9 heteroatoms. The molecule has 0 atom stereocenters. The van der Waals surface area contributed by atoms with Crippen LogP contribution in [0.5, 0.6) is 0 Å². The molecule has 1 aliphatic rings.